The van der Waals surface area contributed by atoms with Crippen molar-refractivity contribution in [2.24, 2.45) is 0 Å². The number of likely N-dealkylation sites (tertiary alicyclic amines) is 1. The number of nitrogens with zero attached hydrogens (tertiary/aromatic N) is 1. The van der Waals surface area contributed by atoms with Gasteiger partial charge in [-0.3, -0.25) is 4.79 Å². The summed E-state index contributed by atoms with van der Waals surface area (Å²) in [6.07, 6.45) is 1.57. The molecule has 0 aromatic heterocycles. The molecule has 0 radical (unpaired) electrons. The first-order valence-electron chi connectivity index (χ1n) is 7.56. The fraction of sp³-hybridized carbons (Fsp3) is 0.294. The Balaban J connectivity index is 1.77. The molecule has 1 unspecified atom stereocenters. The zero-order valence-electron chi connectivity index (χ0n) is 12.8. The summed E-state index contributed by atoms with van der Waals surface area (Å²) < 4.78 is 0.916. The highest BCUT2D eigenvalue weighted by atomic mass is 79.9. The first-order valence-corrected chi connectivity index (χ1v) is 8.35. The van der Waals surface area contributed by atoms with Crippen molar-refractivity contribution in [1.82, 2.24) is 10.2 Å². The predicted molar refractivity (Wildman–Crippen MR) is 94.5 cm³/mol. The molecule has 1 aliphatic heterocycles. The minimum absolute atomic E-state index is 0.0366. The van der Waals surface area contributed by atoms with Gasteiger partial charge in [0.2, 0.25) is 5.91 Å². The van der Waals surface area contributed by atoms with Crippen LogP contribution in [0.1, 0.15) is 12.8 Å². The number of halogens is 1. The van der Waals surface area contributed by atoms with Crippen LogP contribution >= 0.6 is 15.9 Å². The molecule has 1 aliphatic rings. The number of anilines is 1. The van der Waals surface area contributed by atoms with Crippen molar-refractivity contribution in [2.45, 2.75) is 18.9 Å². The third-order valence-electron chi connectivity index (χ3n) is 4.07. The van der Waals surface area contributed by atoms with Gasteiger partial charge in [0.25, 0.3) is 0 Å². The van der Waals surface area contributed by atoms with Crippen LogP contribution in [-0.4, -0.2) is 36.5 Å². The van der Waals surface area contributed by atoms with Crippen LogP contribution in [0.15, 0.2) is 40.9 Å². The second-order valence-electron chi connectivity index (χ2n) is 5.70. The Morgan fingerprint density at radius 3 is 2.78 bits per heavy atom. The zero-order valence-corrected chi connectivity index (χ0v) is 14.4. The van der Waals surface area contributed by atoms with E-state index in [1.165, 1.54) is 0 Å². The van der Waals surface area contributed by atoms with Crippen LogP contribution in [0.5, 0.6) is 0 Å². The molecule has 1 saturated heterocycles. The molecule has 0 spiro atoms. The highest BCUT2D eigenvalue weighted by molar-refractivity contribution is 9.10. The van der Waals surface area contributed by atoms with Gasteiger partial charge in [-0.25, -0.2) is 4.79 Å². The van der Waals surface area contributed by atoms with Gasteiger partial charge in [0.15, 0.2) is 0 Å². The van der Waals surface area contributed by atoms with Crippen molar-refractivity contribution >= 4 is 44.3 Å². The Kier molecular flexibility index (Phi) is 4.52. The maximum absolute atomic E-state index is 12.3. The molecular formula is C17H18BrN3O2. The van der Waals surface area contributed by atoms with E-state index in [9.17, 15) is 9.59 Å². The molecule has 2 aromatic carbocycles. The zero-order chi connectivity index (χ0) is 16.4. The van der Waals surface area contributed by atoms with Gasteiger partial charge in [-0.1, -0.05) is 40.2 Å². The van der Waals surface area contributed by atoms with Crippen LogP contribution in [0.25, 0.3) is 10.8 Å². The van der Waals surface area contributed by atoms with E-state index >= 15 is 0 Å². The van der Waals surface area contributed by atoms with Crippen LogP contribution in [0, 0.1) is 0 Å². The number of hydrogen-bond donors (Lipinski definition) is 2. The number of fused-ring (bicyclic) bond motifs is 1. The van der Waals surface area contributed by atoms with E-state index in [0.717, 1.165) is 28.2 Å². The van der Waals surface area contributed by atoms with Gasteiger partial charge in [-0.05, 0) is 30.4 Å². The minimum Gasteiger partial charge on any atom is -0.344 e. The molecule has 120 valence electrons. The standard InChI is InChI=1S/C17H18BrN3O2/c1-21-10-4-9-14(16(21)22)20-17(23)19-13-8-3-6-11-5-2-7-12(18)15(11)13/h2-3,5-8,14H,4,9-10H2,1H3,(H2,19,20,23). The van der Waals surface area contributed by atoms with E-state index in [0.29, 0.717) is 12.1 Å². The number of urea groups is 1. The lowest BCUT2D eigenvalue weighted by Gasteiger charge is -2.29. The van der Waals surface area contributed by atoms with E-state index in [1.807, 2.05) is 36.4 Å². The molecular weight excluding hydrogens is 358 g/mol. The van der Waals surface area contributed by atoms with Crippen molar-refractivity contribution in [2.75, 3.05) is 18.9 Å². The molecule has 6 heteroatoms. The third kappa shape index (κ3) is 3.32. The summed E-state index contributed by atoms with van der Waals surface area (Å²) in [5, 5.41) is 7.61. The number of nitrogens with one attached hydrogen (secondary N) is 2. The topological polar surface area (TPSA) is 61.4 Å². The Morgan fingerprint density at radius 1 is 1.26 bits per heavy atom. The van der Waals surface area contributed by atoms with Gasteiger partial charge in [0.05, 0.1) is 5.69 Å². The fourth-order valence-electron chi connectivity index (χ4n) is 2.88. The maximum Gasteiger partial charge on any atom is 0.319 e. The summed E-state index contributed by atoms with van der Waals surface area (Å²) in [6, 6.07) is 10.8. The Bertz CT molecular complexity index is 757. The summed E-state index contributed by atoms with van der Waals surface area (Å²) in [6.45, 7) is 0.745. The molecule has 5 nitrogen and oxygen atoms in total. The minimum atomic E-state index is -0.452. The number of benzene rings is 2. The molecule has 1 fully saturated rings. The molecule has 23 heavy (non-hydrogen) atoms. The monoisotopic (exact) mass is 375 g/mol. The van der Waals surface area contributed by atoms with Gasteiger partial charge in [0.1, 0.15) is 6.04 Å². The molecule has 1 atom stereocenters. The molecule has 3 rings (SSSR count). The first kappa shape index (κ1) is 15.8. The van der Waals surface area contributed by atoms with Crippen molar-refractivity contribution in [3.8, 4) is 0 Å². The maximum atomic E-state index is 12.3. The lowest BCUT2D eigenvalue weighted by atomic mass is 10.1. The second kappa shape index (κ2) is 6.58. The summed E-state index contributed by atoms with van der Waals surface area (Å²) in [4.78, 5) is 26.0. The Hall–Kier alpha value is -2.08. The van der Waals surface area contributed by atoms with Gasteiger partial charge in [-0.15, -0.1) is 0 Å². The SMILES string of the molecule is CN1CCCC(NC(=O)Nc2cccc3cccc(Br)c23)C1=O. The fourth-order valence-corrected chi connectivity index (χ4v) is 3.48. The van der Waals surface area contributed by atoms with Crippen LogP contribution in [0.3, 0.4) is 0 Å². The van der Waals surface area contributed by atoms with Gasteiger partial charge < -0.3 is 15.5 Å². The number of likely N-dealkylation sites (N-methyl/N-ethyl adjacent to an activating group) is 1. The molecule has 0 bridgehead atoms. The van der Waals surface area contributed by atoms with E-state index in [1.54, 1.807) is 11.9 Å². The van der Waals surface area contributed by atoms with E-state index in [2.05, 4.69) is 26.6 Å². The van der Waals surface area contributed by atoms with Gasteiger partial charge >= 0.3 is 6.03 Å². The first-order chi connectivity index (χ1) is 11.1. The summed E-state index contributed by atoms with van der Waals surface area (Å²) >= 11 is 3.52. The largest absolute Gasteiger partial charge is 0.344 e. The lowest BCUT2D eigenvalue weighted by Crippen LogP contribution is -2.51. The number of amides is 3. The summed E-state index contributed by atoms with van der Waals surface area (Å²) in [5.74, 6) is -0.0366. The number of carbonyl (C=O) groups excluding carboxylic acids is 2. The predicted octanol–water partition coefficient (Wildman–Crippen LogP) is 3.34. The van der Waals surface area contributed by atoms with Crippen molar-refractivity contribution in [3.05, 3.63) is 40.9 Å². The van der Waals surface area contributed by atoms with E-state index < -0.39 is 6.04 Å². The average molecular weight is 376 g/mol. The lowest BCUT2D eigenvalue weighted by molar-refractivity contribution is -0.134. The quantitative estimate of drug-likeness (QED) is 0.845. The second-order valence-corrected chi connectivity index (χ2v) is 6.55. The molecule has 0 aliphatic carbocycles. The van der Waals surface area contributed by atoms with Gasteiger partial charge in [0, 0.05) is 23.5 Å². The summed E-state index contributed by atoms with van der Waals surface area (Å²) in [5.41, 5.74) is 0.712. The van der Waals surface area contributed by atoms with Crippen LogP contribution in [0.2, 0.25) is 0 Å². The van der Waals surface area contributed by atoms with E-state index in [4.69, 9.17) is 0 Å². The van der Waals surface area contributed by atoms with Crippen LogP contribution < -0.4 is 10.6 Å². The average Bonchev–Trinajstić information content (AvgIpc) is 2.52. The summed E-state index contributed by atoms with van der Waals surface area (Å²) in [7, 11) is 1.76. The Morgan fingerprint density at radius 2 is 2.00 bits per heavy atom. The molecule has 0 saturated carbocycles. The molecule has 3 amide bonds. The number of hydrogen-bond acceptors (Lipinski definition) is 2. The van der Waals surface area contributed by atoms with Crippen LogP contribution in [-0.2, 0) is 4.79 Å². The normalized spacial score (nSPS) is 18.1. The van der Waals surface area contributed by atoms with Crippen LogP contribution in [0.4, 0.5) is 10.5 Å². The Labute approximate surface area is 143 Å². The number of rotatable bonds is 2. The molecule has 1 heterocycles. The molecule has 2 aromatic rings. The highest BCUT2D eigenvalue weighted by Crippen LogP contribution is 2.30. The number of piperidine rings is 1. The van der Waals surface area contributed by atoms with Crippen molar-refractivity contribution < 1.29 is 9.59 Å². The van der Waals surface area contributed by atoms with E-state index in [-0.39, 0.29) is 11.9 Å². The molecule has 2 N–H and O–H groups in total. The highest BCUT2D eigenvalue weighted by Gasteiger charge is 2.27. The smallest absolute Gasteiger partial charge is 0.319 e. The van der Waals surface area contributed by atoms with Gasteiger partial charge in [-0.2, -0.15) is 0 Å². The number of carbonyl (C=O) groups is 2. The third-order valence-corrected chi connectivity index (χ3v) is 4.73. The van der Waals surface area contributed by atoms with Crippen molar-refractivity contribution in [1.29, 1.82) is 0 Å². The van der Waals surface area contributed by atoms with Crippen molar-refractivity contribution in [3.63, 3.8) is 0 Å².